The van der Waals surface area contributed by atoms with Crippen LogP contribution in [-0.4, -0.2) is 35.1 Å². The summed E-state index contributed by atoms with van der Waals surface area (Å²) in [6, 6.07) is 0.671. The highest BCUT2D eigenvalue weighted by Crippen LogP contribution is 2.21. The molecule has 1 aliphatic heterocycles. The summed E-state index contributed by atoms with van der Waals surface area (Å²) < 4.78 is 0. The Morgan fingerprint density at radius 3 is 2.40 bits per heavy atom. The largest absolute Gasteiger partial charge is 0.481 e. The minimum atomic E-state index is -0.613. The lowest BCUT2D eigenvalue weighted by molar-refractivity contribution is -0.143. The molecule has 0 amide bonds. The van der Waals surface area contributed by atoms with Gasteiger partial charge >= 0.3 is 5.97 Å². The van der Waals surface area contributed by atoms with Crippen LogP contribution in [0.25, 0.3) is 0 Å². The summed E-state index contributed by atoms with van der Waals surface area (Å²) in [6.45, 7) is 6.38. The number of carboxylic acids is 1. The highest BCUT2D eigenvalue weighted by Gasteiger charge is 2.27. The number of carboxylic acid groups (broad SMARTS) is 1. The molecular weight excluding hydrogens is 190 g/mol. The first-order valence-corrected chi connectivity index (χ1v) is 6.15. The van der Waals surface area contributed by atoms with Crippen molar-refractivity contribution in [2.45, 2.75) is 52.0 Å². The Labute approximate surface area is 92.5 Å². The van der Waals surface area contributed by atoms with Gasteiger partial charge in [0.1, 0.15) is 0 Å². The average molecular weight is 213 g/mol. The molecule has 88 valence electrons. The molecule has 0 aromatic heterocycles. The van der Waals surface area contributed by atoms with Crippen LogP contribution >= 0.6 is 0 Å². The van der Waals surface area contributed by atoms with E-state index in [1.54, 1.807) is 0 Å². The summed E-state index contributed by atoms with van der Waals surface area (Å²) in [4.78, 5) is 13.3. The van der Waals surface area contributed by atoms with Gasteiger partial charge in [-0.05, 0) is 38.8 Å². The quantitative estimate of drug-likeness (QED) is 0.762. The van der Waals surface area contributed by atoms with Gasteiger partial charge in [0.25, 0.3) is 0 Å². The fourth-order valence-corrected chi connectivity index (χ4v) is 2.49. The number of likely N-dealkylation sites (tertiary alicyclic amines) is 1. The minimum Gasteiger partial charge on any atom is -0.481 e. The molecule has 1 atom stereocenters. The molecule has 0 spiro atoms. The third-order valence-electron chi connectivity index (χ3n) is 3.49. The zero-order chi connectivity index (χ0) is 11.3. The summed E-state index contributed by atoms with van der Waals surface area (Å²) in [5, 5.41) is 8.91. The van der Waals surface area contributed by atoms with E-state index in [9.17, 15) is 4.79 Å². The van der Waals surface area contributed by atoms with Crippen molar-refractivity contribution in [2.75, 3.05) is 13.1 Å². The molecule has 1 fully saturated rings. The van der Waals surface area contributed by atoms with E-state index in [1.165, 1.54) is 19.3 Å². The van der Waals surface area contributed by atoms with Gasteiger partial charge in [-0.25, -0.2) is 0 Å². The van der Waals surface area contributed by atoms with Crippen molar-refractivity contribution >= 4 is 5.97 Å². The van der Waals surface area contributed by atoms with Crippen LogP contribution in [0.15, 0.2) is 0 Å². The molecule has 1 rings (SSSR count). The first kappa shape index (κ1) is 12.5. The fraction of sp³-hybridized carbons (Fsp3) is 0.917. The Hall–Kier alpha value is -0.570. The number of hydrogen-bond donors (Lipinski definition) is 1. The second-order valence-electron chi connectivity index (χ2n) is 4.50. The predicted octanol–water partition coefficient (Wildman–Crippen LogP) is 2.36. The van der Waals surface area contributed by atoms with Crippen molar-refractivity contribution in [3.8, 4) is 0 Å². The van der Waals surface area contributed by atoms with Crippen LogP contribution in [0, 0.1) is 5.92 Å². The number of hydrogen-bond acceptors (Lipinski definition) is 2. The van der Waals surface area contributed by atoms with Gasteiger partial charge in [-0.2, -0.15) is 0 Å². The van der Waals surface area contributed by atoms with Gasteiger partial charge in [-0.3, -0.25) is 4.79 Å². The van der Waals surface area contributed by atoms with Gasteiger partial charge in [-0.15, -0.1) is 0 Å². The third kappa shape index (κ3) is 3.49. The van der Waals surface area contributed by atoms with E-state index in [2.05, 4.69) is 18.7 Å². The Kier molecular flexibility index (Phi) is 5.09. The van der Waals surface area contributed by atoms with E-state index >= 15 is 0 Å². The first-order chi connectivity index (χ1) is 7.19. The van der Waals surface area contributed by atoms with Crippen molar-refractivity contribution < 1.29 is 9.90 Å². The van der Waals surface area contributed by atoms with Gasteiger partial charge in [0.15, 0.2) is 0 Å². The molecule has 0 bridgehead atoms. The first-order valence-electron chi connectivity index (χ1n) is 6.15. The fourth-order valence-electron chi connectivity index (χ4n) is 2.49. The Bertz CT molecular complexity index is 198. The van der Waals surface area contributed by atoms with Gasteiger partial charge in [0.2, 0.25) is 0 Å². The van der Waals surface area contributed by atoms with Crippen molar-refractivity contribution in [3.63, 3.8) is 0 Å². The summed E-state index contributed by atoms with van der Waals surface area (Å²) in [5.41, 5.74) is 0. The molecule has 0 radical (unpaired) electrons. The maximum atomic E-state index is 10.8. The lowest BCUT2D eigenvalue weighted by Crippen LogP contribution is -2.42. The molecule has 0 aromatic carbocycles. The van der Waals surface area contributed by atoms with E-state index in [0.717, 1.165) is 25.9 Å². The number of piperidine rings is 1. The summed E-state index contributed by atoms with van der Waals surface area (Å²) >= 11 is 0. The van der Waals surface area contributed by atoms with E-state index in [4.69, 9.17) is 5.11 Å². The lowest BCUT2D eigenvalue weighted by atomic mass is 9.94. The van der Waals surface area contributed by atoms with Gasteiger partial charge in [0, 0.05) is 6.04 Å². The molecule has 15 heavy (non-hydrogen) atoms. The molecule has 3 nitrogen and oxygen atoms in total. The Morgan fingerprint density at radius 2 is 2.00 bits per heavy atom. The maximum absolute atomic E-state index is 10.8. The SMILES string of the molecule is CCCC(CC)N1CCC(C(=O)O)CC1. The van der Waals surface area contributed by atoms with E-state index in [0.29, 0.717) is 6.04 Å². The van der Waals surface area contributed by atoms with Gasteiger partial charge < -0.3 is 10.0 Å². The Balaban J connectivity index is 2.38. The molecule has 0 saturated carbocycles. The standard InChI is InChI=1S/C12H23NO2/c1-3-5-11(4-2)13-8-6-10(7-9-13)12(14)15/h10-11H,3-9H2,1-2H3,(H,14,15). The van der Waals surface area contributed by atoms with E-state index in [-0.39, 0.29) is 5.92 Å². The second kappa shape index (κ2) is 6.11. The van der Waals surface area contributed by atoms with Crippen molar-refractivity contribution in [3.05, 3.63) is 0 Å². The van der Waals surface area contributed by atoms with Gasteiger partial charge in [0.05, 0.1) is 5.92 Å². The third-order valence-corrected chi connectivity index (χ3v) is 3.49. The van der Waals surface area contributed by atoms with E-state index < -0.39 is 5.97 Å². The average Bonchev–Trinajstić information content (AvgIpc) is 2.26. The molecular formula is C12H23NO2. The molecule has 0 aliphatic carbocycles. The summed E-state index contributed by atoms with van der Waals surface area (Å²) in [5.74, 6) is -0.710. The van der Waals surface area contributed by atoms with Crippen LogP contribution in [0.4, 0.5) is 0 Å². The zero-order valence-corrected chi connectivity index (χ0v) is 9.91. The Morgan fingerprint density at radius 1 is 1.40 bits per heavy atom. The summed E-state index contributed by atoms with van der Waals surface area (Å²) in [6.07, 6.45) is 5.31. The number of carbonyl (C=O) groups is 1. The highest BCUT2D eigenvalue weighted by atomic mass is 16.4. The molecule has 0 aromatic rings. The van der Waals surface area contributed by atoms with Crippen molar-refractivity contribution in [1.29, 1.82) is 0 Å². The molecule has 1 aliphatic rings. The normalized spacial score (nSPS) is 21.5. The maximum Gasteiger partial charge on any atom is 0.306 e. The predicted molar refractivity (Wildman–Crippen MR) is 60.9 cm³/mol. The monoisotopic (exact) mass is 213 g/mol. The van der Waals surface area contributed by atoms with E-state index in [1.807, 2.05) is 0 Å². The van der Waals surface area contributed by atoms with Crippen LogP contribution in [0.3, 0.4) is 0 Å². The van der Waals surface area contributed by atoms with Crippen LogP contribution in [0.5, 0.6) is 0 Å². The molecule has 1 saturated heterocycles. The van der Waals surface area contributed by atoms with Crippen LogP contribution < -0.4 is 0 Å². The lowest BCUT2D eigenvalue weighted by Gasteiger charge is -2.36. The van der Waals surface area contributed by atoms with Gasteiger partial charge in [-0.1, -0.05) is 20.3 Å². The number of rotatable bonds is 5. The molecule has 1 unspecified atom stereocenters. The topological polar surface area (TPSA) is 40.5 Å². The highest BCUT2D eigenvalue weighted by molar-refractivity contribution is 5.70. The van der Waals surface area contributed by atoms with Crippen molar-refractivity contribution in [1.82, 2.24) is 4.90 Å². The van der Waals surface area contributed by atoms with Crippen molar-refractivity contribution in [2.24, 2.45) is 5.92 Å². The smallest absolute Gasteiger partial charge is 0.306 e. The second-order valence-corrected chi connectivity index (χ2v) is 4.50. The summed E-state index contributed by atoms with van der Waals surface area (Å²) in [7, 11) is 0. The van der Waals surface area contributed by atoms with Crippen LogP contribution in [-0.2, 0) is 4.79 Å². The molecule has 1 heterocycles. The van der Waals surface area contributed by atoms with Crippen LogP contribution in [0.1, 0.15) is 46.0 Å². The molecule has 3 heteroatoms. The number of nitrogens with zero attached hydrogens (tertiary/aromatic N) is 1. The number of aliphatic carboxylic acids is 1. The zero-order valence-electron chi connectivity index (χ0n) is 9.91. The minimum absolute atomic E-state index is 0.0969. The van der Waals surface area contributed by atoms with Crippen LogP contribution in [0.2, 0.25) is 0 Å². The molecule has 1 N–H and O–H groups in total.